The first-order valence-electron chi connectivity index (χ1n) is 7.41. The second-order valence-electron chi connectivity index (χ2n) is 5.29. The second-order valence-corrected chi connectivity index (χ2v) is 5.29. The molecule has 0 atom stereocenters. The summed E-state index contributed by atoms with van der Waals surface area (Å²) in [6.45, 7) is 0. The van der Waals surface area contributed by atoms with E-state index < -0.39 is 5.91 Å². The molecule has 3 aromatic rings. The lowest BCUT2D eigenvalue weighted by atomic mass is 10.0. The number of carbonyl (C=O) groups excluding carboxylic acids is 2. The zero-order valence-electron chi connectivity index (χ0n) is 13.1. The van der Waals surface area contributed by atoms with Gasteiger partial charge in [-0.15, -0.1) is 0 Å². The molecule has 1 amide bonds. The monoisotopic (exact) mass is 333 g/mol. The molecule has 0 aliphatic heterocycles. The van der Waals surface area contributed by atoms with E-state index in [0.717, 1.165) is 16.8 Å². The molecule has 0 unspecified atom stereocenters. The van der Waals surface area contributed by atoms with Crippen LogP contribution in [-0.4, -0.2) is 22.2 Å². The van der Waals surface area contributed by atoms with Crippen molar-refractivity contribution in [3.63, 3.8) is 0 Å². The number of nitrogens with one attached hydrogen (secondary N) is 1. The van der Waals surface area contributed by atoms with E-state index in [1.165, 1.54) is 6.33 Å². The third kappa shape index (κ3) is 3.45. The fourth-order valence-electron chi connectivity index (χ4n) is 2.36. The molecule has 0 saturated carbocycles. The number of anilines is 3. The SMILES string of the molecule is NC(=O)c1cccc(-c2ccc(Nc3ncnc(N)c3C=O)cc2)c1. The van der Waals surface area contributed by atoms with Gasteiger partial charge in [-0.3, -0.25) is 9.59 Å². The third-order valence-electron chi connectivity index (χ3n) is 3.66. The van der Waals surface area contributed by atoms with Crippen LogP contribution in [0.15, 0.2) is 54.9 Å². The molecular formula is C18H15N5O2. The highest BCUT2D eigenvalue weighted by Crippen LogP contribution is 2.25. The van der Waals surface area contributed by atoms with Crippen LogP contribution < -0.4 is 16.8 Å². The maximum absolute atomic E-state index is 11.3. The van der Waals surface area contributed by atoms with Crippen LogP contribution in [0.5, 0.6) is 0 Å². The summed E-state index contributed by atoms with van der Waals surface area (Å²) in [7, 11) is 0. The van der Waals surface area contributed by atoms with Crippen molar-refractivity contribution in [3.8, 4) is 11.1 Å². The summed E-state index contributed by atoms with van der Waals surface area (Å²) >= 11 is 0. The van der Waals surface area contributed by atoms with Gasteiger partial charge in [-0.05, 0) is 35.4 Å². The number of hydrogen-bond acceptors (Lipinski definition) is 6. The molecule has 0 aliphatic rings. The molecule has 25 heavy (non-hydrogen) atoms. The highest BCUT2D eigenvalue weighted by Gasteiger charge is 2.09. The molecule has 0 saturated heterocycles. The number of nitrogen functional groups attached to an aromatic ring is 1. The standard InChI is InChI=1S/C18H15N5O2/c19-16-15(9-24)18(22-10-21-16)23-14-6-4-11(5-7-14)12-2-1-3-13(8-12)17(20)25/h1-10H,(H2,20,25)(H3,19,21,22,23). The first-order valence-corrected chi connectivity index (χ1v) is 7.41. The lowest BCUT2D eigenvalue weighted by Crippen LogP contribution is -2.10. The van der Waals surface area contributed by atoms with E-state index >= 15 is 0 Å². The third-order valence-corrected chi connectivity index (χ3v) is 3.66. The number of rotatable bonds is 5. The van der Waals surface area contributed by atoms with Gasteiger partial charge in [0.05, 0.1) is 5.56 Å². The second kappa shape index (κ2) is 6.79. The number of carbonyl (C=O) groups is 2. The topological polar surface area (TPSA) is 124 Å². The van der Waals surface area contributed by atoms with Crippen molar-refractivity contribution in [1.29, 1.82) is 0 Å². The number of amides is 1. The summed E-state index contributed by atoms with van der Waals surface area (Å²) in [5.41, 5.74) is 14.2. The summed E-state index contributed by atoms with van der Waals surface area (Å²) in [4.78, 5) is 30.2. The van der Waals surface area contributed by atoms with Gasteiger partial charge >= 0.3 is 0 Å². The van der Waals surface area contributed by atoms with E-state index in [1.54, 1.807) is 18.2 Å². The van der Waals surface area contributed by atoms with Crippen LogP contribution in [0.4, 0.5) is 17.3 Å². The summed E-state index contributed by atoms with van der Waals surface area (Å²) in [5, 5.41) is 3.04. The van der Waals surface area contributed by atoms with Crippen molar-refractivity contribution in [3.05, 3.63) is 66.0 Å². The summed E-state index contributed by atoms with van der Waals surface area (Å²) in [6.07, 6.45) is 1.90. The van der Waals surface area contributed by atoms with Crippen molar-refractivity contribution in [2.75, 3.05) is 11.1 Å². The van der Waals surface area contributed by atoms with Crippen molar-refractivity contribution in [1.82, 2.24) is 9.97 Å². The van der Waals surface area contributed by atoms with Gasteiger partial charge in [0, 0.05) is 11.3 Å². The Morgan fingerprint density at radius 3 is 2.48 bits per heavy atom. The van der Waals surface area contributed by atoms with Crippen LogP contribution in [0.25, 0.3) is 11.1 Å². The van der Waals surface area contributed by atoms with Crippen LogP contribution >= 0.6 is 0 Å². The Hall–Kier alpha value is -3.74. The Labute approximate surface area is 143 Å². The van der Waals surface area contributed by atoms with E-state index in [2.05, 4.69) is 15.3 Å². The summed E-state index contributed by atoms with van der Waals surface area (Å²) in [6, 6.07) is 14.5. The molecule has 3 rings (SSSR count). The molecule has 0 radical (unpaired) electrons. The molecule has 0 spiro atoms. The zero-order chi connectivity index (χ0) is 17.8. The normalized spacial score (nSPS) is 10.2. The lowest BCUT2D eigenvalue weighted by molar-refractivity contribution is 0.1000. The van der Waals surface area contributed by atoms with Crippen molar-refractivity contribution in [2.24, 2.45) is 5.73 Å². The number of primary amides is 1. The van der Waals surface area contributed by atoms with Crippen LogP contribution in [-0.2, 0) is 0 Å². The summed E-state index contributed by atoms with van der Waals surface area (Å²) in [5.74, 6) is -0.0127. The fourth-order valence-corrected chi connectivity index (χ4v) is 2.36. The molecule has 0 bridgehead atoms. The Balaban J connectivity index is 1.86. The van der Waals surface area contributed by atoms with E-state index in [0.29, 0.717) is 17.7 Å². The molecule has 5 N–H and O–H groups in total. The molecule has 0 fully saturated rings. The number of hydrogen-bond donors (Lipinski definition) is 3. The largest absolute Gasteiger partial charge is 0.383 e. The maximum Gasteiger partial charge on any atom is 0.248 e. The Bertz CT molecular complexity index is 938. The fraction of sp³-hybridized carbons (Fsp3) is 0. The Kier molecular flexibility index (Phi) is 4.38. The predicted octanol–water partition coefficient (Wildman–Crippen LogP) is 2.38. The van der Waals surface area contributed by atoms with Gasteiger partial charge in [0.25, 0.3) is 0 Å². The van der Waals surface area contributed by atoms with E-state index in [4.69, 9.17) is 11.5 Å². The smallest absolute Gasteiger partial charge is 0.248 e. The van der Waals surface area contributed by atoms with Crippen molar-refractivity contribution >= 4 is 29.5 Å². The summed E-state index contributed by atoms with van der Waals surface area (Å²) < 4.78 is 0. The van der Waals surface area contributed by atoms with E-state index in [-0.39, 0.29) is 11.4 Å². The van der Waals surface area contributed by atoms with Crippen LogP contribution in [0.2, 0.25) is 0 Å². The van der Waals surface area contributed by atoms with E-state index in [1.807, 2.05) is 30.3 Å². The van der Waals surface area contributed by atoms with Gasteiger partial charge in [0.15, 0.2) is 6.29 Å². The molecule has 2 aromatic carbocycles. The zero-order valence-corrected chi connectivity index (χ0v) is 13.1. The predicted molar refractivity (Wildman–Crippen MR) is 95.5 cm³/mol. The van der Waals surface area contributed by atoms with Gasteiger partial charge in [-0.25, -0.2) is 9.97 Å². The number of nitrogens with zero attached hydrogens (tertiary/aromatic N) is 2. The number of aldehydes is 1. The highest BCUT2D eigenvalue weighted by molar-refractivity contribution is 5.94. The Morgan fingerprint density at radius 1 is 1.04 bits per heavy atom. The first-order chi connectivity index (χ1) is 12.1. The number of nitrogens with two attached hydrogens (primary N) is 2. The minimum absolute atomic E-state index is 0.118. The minimum Gasteiger partial charge on any atom is -0.383 e. The minimum atomic E-state index is -0.470. The molecule has 124 valence electrons. The molecule has 1 heterocycles. The lowest BCUT2D eigenvalue weighted by Gasteiger charge is -2.10. The van der Waals surface area contributed by atoms with Gasteiger partial charge in [0.1, 0.15) is 18.0 Å². The molecule has 7 heteroatoms. The van der Waals surface area contributed by atoms with Gasteiger partial charge in [0.2, 0.25) is 5.91 Å². The van der Waals surface area contributed by atoms with E-state index in [9.17, 15) is 9.59 Å². The van der Waals surface area contributed by atoms with Crippen molar-refractivity contribution < 1.29 is 9.59 Å². The molecule has 7 nitrogen and oxygen atoms in total. The number of aromatic nitrogens is 2. The van der Waals surface area contributed by atoms with Gasteiger partial charge in [-0.2, -0.15) is 0 Å². The molecule has 1 aromatic heterocycles. The first kappa shape index (κ1) is 16.1. The van der Waals surface area contributed by atoms with Crippen molar-refractivity contribution in [2.45, 2.75) is 0 Å². The molecule has 0 aliphatic carbocycles. The maximum atomic E-state index is 11.3. The van der Waals surface area contributed by atoms with Crippen LogP contribution in [0.1, 0.15) is 20.7 Å². The average molecular weight is 333 g/mol. The van der Waals surface area contributed by atoms with Crippen LogP contribution in [0, 0.1) is 0 Å². The Morgan fingerprint density at radius 2 is 1.80 bits per heavy atom. The average Bonchev–Trinajstić information content (AvgIpc) is 2.63. The van der Waals surface area contributed by atoms with Gasteiger partial charge < -0.3 is 16.8 Å². The number of benzene rings is 2. The van der Waals surface area contributed by atoms with Crippen LogP contribution in [0.3, 0.4) is 0 Å². The quantitative estimate of drug-likeness (QED) is 0.616. The van der Waals surface area contributed by atoms with Gasteiger partial charge in [-0.1, -0.05) is 24.3 Å². The molecular weight excluding hydrogens is 318 g/mol. The highest BCUT2D eigenvalue weighted by atomic mass is 16.1.